The standard InChI is InChI=1S/C25H22N2O4/c1-25(31,19-13-11-18(12-14-19)17-7-3-2-4-8-17)16-26-22(28)15-27-23(29)20-9-5-6-10-21(20)24(27)30/h2-14,31H,15-16H2,1H3,(H,26,28). The van der Waals surface area contributed by atoms with Crippen molar-refractivity contribution < 1.29 is 19.5 Å². The second-order valence-corrected chi connectivity index (χ2v) is 7.74. The molecule has 3 aromatic carbocycles. The van der Waals surface area contributed by atoms with Crippen LogP contribution in [0.3, 0.4) is 0 Å². The third-order valence-electron chi connectivity index (χ3n) is 5.42. The van der Waals surface area contributed by atoms with Crippen LogP contribution in [0.5, 0.6) is 0 Å². The van der Waals surface area contributed by atoms with Gasteiger partial charge in [0.15, 0.2) is 0 Å². The highest BCUT2D eigenvalue weighted by Gasteiger charge is 2.36. The van der Waals surface area contributed by atoms with Crippen LogP contribution in [-0.2, 0) is 10.4 Å². The third-order valence-corrected chi connectivity index (χ3v) is 5.42. The molecule has 0 spiro atoms. The number of hydrogen-bond acceptors (Lipinski definition) is 4. The van der Waals surface area contributed by atoms with E-state index in [1.807, 2.05) is 54.6 Å². The Morgan fingerprint density at radius 2 is 1.35 bits per heavy atom. The summed E-state index contributed by atoms with van der Waals surface area (Å²) in [5.41, 5.74) is 2.02. The van der Waals surface area contributed by atoms with Crippen molar-refractivity contribution in [3.63, 3.8) is 0 Å². The van der Waals surface area contributed by atoms with E-state index in [0.717, 1.165) is 16.0 Å². The van der Waals surface area contributed by atoms with Gasteiger partial charge < -0.3 is 10.4 Å². The van der Waals surface area contributed by atoms with E-state index in [2.05, 4.69) is 5.32 Å². The Balaban J connectivity index is 1.38. The average molecular weight is 414 g/mol. The largest absolute Gasteiger partial charge is 0.384 e. The van der Waals surface area contributed by atoms with Crippen molar-refractivity contribution in [2.24, 2.45) is 0 Å². The molecule has 0 fully saturated rings. The smallest absolute Gasteiger partial charge is 0.262 e. The van der Waals surface area contributed by atoms with Gasteiger partial charge in [0, 0.05) is 0 Å². The third kappa shape index (κ3) is 4.11. The zero-order valence-corrected chi connectivity index (χ0v) is 17.0. The maximum atomic E-state index is 12.4. The Labute approximate surface area is 180 Å². The predicted molar refractivity (Wildman–Crippen MR) is 116 cm³/mol. The highest BCUT2D eigenvalue weighted by molar-refractivity contribution is 6.22. The summed E-state index contributed by atoms with van der Waals surface area (Å²) in [7, 11) is 0. The van der Waals surface area contributed by atoms with Gasteiger partial charge in [0.05, 0.1) is 17.7 Å². The van der Waals surface area contributed by atoms with Crippen molar-refractivity contribution in [1.29, 1.82) is 0 Å². The molecular formula is C25H22N2O4. The average Bonchev–Trinajstić information content (AvgIpc) is 3.03. The number of nitrogens with zero attached hydrogens (tertiary/aromatic N) is 1. The van der Waals surface area contributed by atoms with Gasteiger partial charge in [-0.1, -0.05) is 66.7 Å². The fourth-order valence-corrected chi connectivity index (χ4v) is 3.61. The number of hydrogen-bond donors (Lipinski definition) is 2. The van der Waals surface area contributed by atoms with E-state index in [4.69, 9.17) is 0 Å². The Morgan fingerprint density at radius 1 is 0.839 bits per heavy atom. The predicted octanol–water partition coefficient (Wildman–Crippen LogP) is 2.97. The van der Waals surface area contributed by atoms with Crippen LogP contribution in [0.4, 0.5) is 0 Å². The number of aliphatic hydroxyl groups is 1. The molecule has 6 nitrogen and oxygen atoms in total. The monoisotopic (exact) mass is 414 g/mol. The van der Waals surface area contributed by atoms with Gasteiger partial charge in [0.2, 0.25) is 5.91 Å². The SMILES string of the molecule is CC(O)(CNC(=O)CN1C(=O)c2ccccc2C1=O)c1ccc(-c2ccccc2)cc1. The van der Waals surface area contributed by atoms with Crippen LogP contribution in [0.2, 0.25) is 0 Å². The summed E-state index contributed by atoms with van der Waals surface area (Å²) >= 11 is 0. The minimum atomic E-state index is -1.31. The number of carbonyl (C=O) groups is 3. The van der Waals surface area contributed by atoms with Crippen molar-refractivity contribution in [3.8, 4) is 11.1 Å². The molecule has 6 heteroatoms. The Morgan fingerprint density at radius 3 is 1.94 bits per heavy atom. The zero-order valence-electron chi connectivity index (χ0n) is 17.0. The van der Waals surface area contributed by atoms with Gasteiger partial charge in [-0.25, -0.2) is 0 Å². The molecule has 3 amide bonds. The van der Waals surface area contributed by atoms with Crippen LogP contribution >= 0.6 is 0 Å². The van der Waals surface area contributed by atoms with E-state index in [1.54, 1.807) is 31.2 Å². The second kappa shape index (κ2) is 8.16. The molecule has 0 saturated heterocycles. The second-order valence-electron chi connectivity index (χ2n) is 7.74. The molecule has 1 unspecified atom stereocenters. The summed E-state index contributed by atoms with van der Waals surface area (Å²) in [6.07, 6.45) is 0. The fourth-order valence-electron chi connectivity index (χ4n) is 3.61. The zero-order chi connectivity index (χ0) is 22.0. The molecule has 0 aromatic heterocycles. The van der Waals surface area contributed by atoms with Crippen molar-refractivity contribution in [2.45, 2.75) is 12.5 Å². The fraction of sp³-hybridized carbons (Fsp3) is 0.160. The summed E-state index contributed by atoms with van der Waals surface area (Å²) in [6.45, 7) is 1.15. The van der Waals surface area contributed by atoms with Gasteiger partial charge in [-0.15, -0.1) is 0 Å². The maximum Gasteiger partial charge on any atom is 0.262 e. The van der Waals surface area contributed by atoms with Gasteiger partial charge in [-0.2, -0.15) is 0 Å². The Bertz CT molecular complexity index is 1100. The number of fused-ring (bicyclic) bond motifs is 1. The van der Waals surface area contributed by atoms with E-state index in [-0.39, 0.29) is 6.54 Å². The summed E-state index contributed by atoms with van der Waals surface area (Å²) in [5.74, 6) is -1.49. The van der Waals surface area contributed by atoms with Crippen LogP contribution in [0.15, 0.2) is 78.9 Å². The number of rotatable bonds is 6. The van der Waals surface area contributed by atoms with Crippen molar-refractivity contribution in [2.75, 3.05) is 13.1 Å². The number of carbonyl (C=O) groups excluding carboxylic acids is 3. The number of amides is 3. The van der Waals surface area contributed by atoms with Gasteiger partial charge in [0.25, 0.3) is 11.8 Å². The first kappa shape index (κ1) is 20.5. The lowest BCUT2D eigenvalue weighted by Crippen LogP contribution is -2.44. The molecule has 0 aliphatic carbocycles. The molecular weight excluding hydrogens is 392 g/mol. The molecule has 0 saturated carbocycles. The van der Waals surface area contributed by atoms with Crippen molar-refractivity contribution >= 4 is 17.7 Å². The summed E-state index contributed by atoms with van der Waals surface area (Å²) in [5, 5.41) is 13.5. The number of benzene rings is 3. The van der Waals surface area contributed by atoms with Crippen LogP contribution in [0.25, 0.3) is 11.1 Å². The molecule has 0 bridgehead atoms. The molecule has 1 aliphatic heterocycles. The Kier molecular flexibility index (Phi) is 5.40. The molecule has 3 aromatic rings. The summed E-state index contributed by atoms with van der Waals surface area (Å²) in [4.78, 5) is 38.1. The summed E-state index contributed by atoms with van der Waals surface area (Å²) in [6, 6.07) is 23.8. The molecule has 0 radical (unpaired) electrons. The summed E-state index contributed by atoms with van der Waals surface area (Å²) < 4.78 is 0. The number of nitrogens with one attached hydrogen (secondary N) is 1. The van der Waals surface area contributed by atoms with E-state index < -0.39 is 29.9 Å². The van der Waals surface area contributed by atoms with Gasteiger partial charge in [-0.3, -0.25) is 19.3 Å². The first-order valence-electron chi connectivity index (χ1n) is 9.97. The van der Waals surface area contributed by atoms with E-state index in [0.29, 0.717) is 16.7 Å². The molecule has 1 aliphatic rings. The van der Waals surface area contributed by atoms with Crippen LogP contribution in [0, 0.1) is 0 Å². The highest BCUT2D eigenvalue weighted by Crippen LogP contribution is 2.25. The van der Waals surface area contributed by atoms with Crippen molar-refractivity contribution in [3.05, 3.63) is 95.6 Å². The van der Waals surface area contributed by atoms with E-state index in [9.17, 15) is 19.5 Å². The van der Waals surface area contributed by atoms with Crippen molar-refractivity contribution in [1.82, 2.24) is 10.2 Å². The molecule has 1 heterocycles. The minimum absolute atomic E-state index is 0.0559. The quantitative estimate of drug-likeness (QED) is 0.607. The lowest BCUT2D eigenvalue weighted by atomic mass is 9.93. The Hall–Kier alpha value is -3.77. The minimum Gasteiger partial charge on any atom is -0.384 e. The van der Waals surface area contributed by atoms with Crippen LogP contribution in [0.1, 0.15) is 33.2 Å². The van der Waals surface area contributed by atoms with E-state index >= 15 is 0 Å². The van der Waals surface area contributed by atoms with Crippen LogP contribution < -0.4 is 5.32 Å². The topological polar surface area (TPSA) is 86.7 Å². The molecule has 1 atom stereocenters. The van der Waals surface area contributed by atoms with Gasteiger partial charge in [0.1, 0.15) is 12.1 Å². The lowest BCUT2D eigenvalue weighted by Gasteiger charge is -2.25. The molecule has 31 heavy (non-hydrogen) atoms. The van der Waals surface area contributed by atoms with E-state index in [1.165, 1.54) is 0 Å². The number of imide groups is 1. The first-order chi connectivity index (χ1) is 14.9. The first-order valence-corrected chi connectivity index (χ1v) is 9.97. The van der Waals surface area contributed by atoms with Gasteiger partial charge >= 0.3 is 0 Å². The molecule has 2 N–H and O–H groups in total. The van der Waals surface area contributed by atoms with Crippen LogP contribution in [-0.4, -0.2) is 40.8 Å². The maximum absolute atomic E-state index is 12.4. The lowest BCUT2D eigenvalue weighted by molar-refractivity contribution is -0.122. The molecule has 156 valence electrons. The normalized spacial score (nSPS) is 14.8. The highest BCUT2D eigenvalue weighted by atomic mass is 16.3. The molecule has 4 rings (SSSR count). The van der Waals surface area contributed by atoms with Gasteiger partial charge in [-0.05, 0) is 35.7 Å².